The molecule has 4 N–H and O–H groups in total. The Labute approximate surface area is 178 Å². The number of rotatable bonds is 12. The molecule has 0 atom stereocenters. The van der Waals surface area contributed by atoms with Crippen molar-refractivity contribution in [3.8, 4) is 5.75 Å². The SMILES string of the molecule is COc1ccccc1NC(=O)N(CCCNC(=O)CCCCCN)c1ccccc1. The van der Waals surface area contributed by atoms with Crippen molar-refractivity contribution in [2.75, 3.05) is 37.0 Å². The molecule has 2 aromatic carbocycles. The average molecular weight is 413 g/mol. The highest BCUT2D eigenvalue weighted by molar-refractivity contribution is 6.02. The number of nitrogens with one attached hydrogen (secondary N) is 2. The zero-order valence-corrected chi connectivity index (χ0v) is 17.6. The molecule has 0 aromatic heterocycles. The number of hydrogen-bond acceptors (Lipinski definition) is 4. The molecule has 0 aliphatic rings. The number of anilines is 2. The molecule has 0 aliphatic carbocycles. The van der Waals surface area contributed by atoms with E-state index >= 15 is 0 Å². The lowest BCUT2D eigenvalue weighted by Crippen LogP contribution is -2.37. The van der Waals surface area contributed by atoms with Gasteiger partial charge in [-0.15, -0.1) is 0 Å². The first-order chi connectivity index (χ1) is 14.7. The highest BCUT2D eigenvalue weighted by Crippen LogP contribution is 2.24. The molecule has 0 saturated heterocycles. The summed E-state index contributed by atoms with van der Waals surface area (Å²) in [5, 5.41) is 5.84. The van der Waals surface area contributed by atoms with Crippen LogP contribution in [0.15, 0.2) is 54.6 Å². The molecule has 0 heterocycles. The number of ether oxygens (including phenoxy) is 1. The van der Waals surface area contributed by atoms with Crippen molar-refractivity contribution in [1.82, 2.24) is 5.32 Å². The van der Waals surface area contributed by atoms with E-state index < -0.39 is 0 Å². The van der Waals surface area contributed by atoms with Gasteiger partial charge >= 0.3 is 6.03 Å². The molecule has 0 spiro atoms. The standard InChI is InChI=1S/C23H32N4O3/c1-30-21-14-8-7-13-20(21)26-23(29)27(19-11-4-2-5-12-19)18-10-17-25-22(28)15-6-3-9-16-24/h2,4-5,7-8,11-14H,3,6,9-10,15-18,24H2,1H3,(H,25,28)(H,26,29). The molecule has 30 heavy (non-hydrogen) atoms. The Morgan fingerprint density at radius 1 is 0.967 bits per heavy atom. The number of carbonyl (C=O) groups is 2. The number of para-hydroxylation sites is 3. The van der Waals surface area contributed by atoms with Crippen LogP contribution in [0.3, 0.4) is 0 Å². The first kappa shape index (κ1) is 23.2. The normalized spacial score (nSPS) is 10.3. The van der Waals surface area contributed by atoms with Crippen molar-refractivity contribution in [2.24, 2.45) is 5.73 Å². The fourth-order valence-electron chi connectivity index (χ4n) is 3.05. The van der Waals surface area contributed by atoms with Gasteiger partial charge in [0.1, 0.15) is 5.75 Å². The van der Waals surface area contributed by atoms with E-state index in [1.54, 1.807) is 24.1 Å². The third kappa shape index (κ3) is 7.75. The molecule has 162 valence electrons. The van der Waals surface area contributed by atoms with Crippen molar-refractivity contribution in [1.29, 1.82) is 0 Å². The van der Waals surface area contributed by atoms with E-state index in [4.69, 9.17) is 10.5 Å². The molecule has 0 saturated carbocycles. The second-order valence-electron chi connectivity index (χ2n) is 6.92. The lowest BCUT2D eigenvalue weighted by atomic mass is 10.2. The Kier molecular flexibility index (Phi) is 10.2. The number of hydrogen-bond donors (Lipinski definition) is 3. The number of nitrogens with zero attached hydrogens (tertiary/aromatic N) is 1. The summed E-state index contributed by atoms with van der Waals surface area (Å²) in [4.78, 5) is 26.6. The summed E-state index contributed by atoms with van der Waals surface area (Å²) in [6.07, 6.45) is 3.91. The highest BCUT2D eigenvalue weighted by atomic mass is 16.5. The van der Waals surface area contributed by atoms with Crippen molar-refractivity contribution < 1.29 is 14.3 Å². The minimum absolute atomic E-state index is 0.0387. The van der Waals surface area contributed by atoms with Crippen LogP contribution in [0.4, 0.5) is 16.2 Å². The summed E-state index contributed by atoms with van der Waals surface area (Å²) < 4.78 is 5.32. The Morgan fingerprint density at radius 2 is 1.70 bits per heavy atom. The van der Waals surface area contributed by atoms with Gasteiger partial charge in [0.2, 0.25) is 5.91 Å². The Morgan fingerprint density at radius 3 is 2.43 bits per heavy atom. The van der Waals surface area contributed by atoms with Gasteiger partial charge in [0, 0.05) is 25.2 Å². The first-order valence-electron chi connectivity index (χ1n) is 10.4. The van der Waals surface area contributed by atoms with Crippen molar-refractivity contribution in [2.45, 2.75) is 32.1 Å². The molecule has 0 bridgehead atoms. The summed E-state index contributed by atoms with van der Waals surface area (Å²) in [6.45, 7) is 1.65. The number of unbranched alkanes of at least 4 members (excludes halogenated alkanes) is 2. The predicted molar refractivity (Wildman–Crippen MR) is 121 cm³/mol. The lowest BCUT2D eigenvalue weighted by molar-refractivity contribution is -0.121. The van der Waals surface area contributed by atoms with E-state index in [9.17, 15) is 9.59 Å². The molecule has 7 nitrogen and oxygen atoms in total. The van der Waals surface area contributed by atoms with Gasteiger partial charge in [0.25, 0.3) is 0 Å². The van der Waals surface area contributed by atoms with Crippen LogP contribution in [-0.4, -0.2) is 38.7 Å². The van der Waals surface area contributed by atoms with Crippen LogP contribution >= 0.6 is 0 Å². The molecule has 3 amide bonds. The van der Waals surface area contributed by atoms with Crippen LogP contribution in [0, 0.1) is 0 Å². The largest absolute Gasteiger partial charge is 0.495 e. The molecular weight excluding hydrogens is 380 g/mol. The zero-order chi connectivity index (χ0) is 21.6. The molecule has 7 heteroatoms. The fourth-order valence-corrected chi connectivity index (χ4v) is 3.05. The topological polar surface area (TPSA) is 96.7 Å². The van der Waals surface area contributed by atoms with Crippen molar-refractivity contribution in [3.05, 3.63) is 54.6 Å². The van der Waals surface area contributed by atoms with E-state index in [2.05, 4.69) is 10.6 Å². The minimum Gasteiger partial charge on any atom is -0.495 e. The van der Waals surface area contributed by atoms with Gasteiger partial charge in [0.15, 0.2) is 0 Å². The minimum atomic E-state index is -0.251. The van der Waals surface area contributed by atoms with Crippen LogP contribution < -0.4 is 26.0 Å². The van der Waals surface area contributed by atoms with Gasteiger partial charge < -0.3 is 21.1 Å². The molecule has 0 radical (unpaired) electrons. The number of benzene rings is 2. The van der Waals surface area contributed by atoms with Gasteiger partial charge in [-0.1, -0.05) is 36.8 Å². The monoisotopic (exact) mass is 412 g/mol. The lowest BCUT2D eigenvalue weighted by Gasteiger charge is -2.24. The van der Waals surface area contributed by atoms with Crippen LogP contribution in [-0.2, 0) is 4.79 Å². The van der Waals surface area contributed by atoms with E-state index in [0.29, 0.717) is 43.9 Å². The van der Waals surface area contributed by atoms with E-state index in [0.717, 1.165) is 24.9 Å². The Hall–Kier alpha value is -3.06. The first-order valence-corrected chi connectivity index (χ1v) is 10.4. The maximum absolute atomic E-state index is 13.0. The number of methoxy groups -OCH3 is 1. The second-order valence-corrected chi connectivity index (χ2v) is 6.92. The fraction of sp³-hybridized carbons (Fsp3) is 0.391. The average Bonchev–Trinajstić information content (AvgIpc) is 2.77. The van der Waals surface area contributed by atoms with E-state index in [1.807, 2.05) is 42.5 Å². The van der Waals surface area contributed by atoms with Crippen LogP contribution in [0.5, 0.6) is 5.75 Å². The van der Waals surface area contributed by atoms with Crippen LogP contribution in [0.2, 0.25) is 0 Å². The summed E-state index contributed by atoms with van der Waals surface area (Å²) >= 11 is 0. The van der Waals surface area contributed by atoms with Gasteiger partial charge in [-0.3, -0.25) is 9.69 Å². The molecule has 2 aromatic rings. The quantitative estimate of drug-likeness (QED) is 0.463. The second kappa shape index (κ2) is 13.2. The van der Waals surface area contributed by atoms with Crippen LogP contribution in [0.1, 0.15) is 32.1 Å². The molecular formula is C23H32N4O3. The third-order valence-corrected chi connectivity index (χ3v) is 4.65. The van der Waals surface area contributed by atoms with Gasteiger partial charge in [0.05, 0.1) is 12.8 Å². The van der Waals surface area contributed by atoms with Gasteiger partial charge in [-0.2, -0.15) is 0 Å². The summed E-state index contributed by atoms with van der Waals surface area (Å²) in [5.74, 6) is 0.637. The molecule has 0 aliphatic heterocycles. The van der Waals surface area contributed by atoms with Crippen molar-refractivity contribution in [3.63, 3.8) is 0 Å². The zero-order valence-electron chi connectivity index (χ0n) is 17.6. The highest BCUT2D eigenvalue weighted by Gasteiger charge is 2.17. The summed E-state index contributed by atoms with van der Waals surface area (Å²) in [7, 11) is 1.57. The number of nitrogens with two attached hydrogens (primary N) is 1. The van der Waals surface area contributed by atoms with E-state index in [-0.39, 0.29) is 11.9 Å². The third-order valence-electron chi connectivity index (χ3n) is 4.65. The van der Waals surface area contributed by atoms with Crippen LogP contribution in [0.25, 0.3) is 0 Å². The number of urea groups is 1. The smallest absolute Gasteiger partial charge is 0.326 e. The summed E-state index contributed by atoms with van der Waals surface area (Å²) in [6, 6.07) is 16.5. The van der Waals surface area contributed by atoms with Crippen molar-refractivity contribution >= 4 is 23.3 Å². The van der Waals surface area contributed by atoms with E-state index in [1.165, 1.54) is 0 Å². The Bertz CT molecular complexity index is 783. The Balaban J connectivity index is 1.91. The maximum Gasteiger partial charge on any atom is 0.326 e. The van der Waals surface area contributed by atoms with Gasteiger partial charge in [-0.25, -0.2) is 4.79 Å². The maximum atomic E-state index is 13.0. The molecule has 0 unspecified atom stereocenters. The molecule has 0 fully saturated rings. The summed E-state index contributed by atoms with van der Waals surface area (Å²) in [5.41, 5.74) is 6.86. The number of amides is 3. The molecule has 2 rings (SSSR count). The predicted octanol–water partition coefficient (Wildman–Crippen LogP) is 3.76. The van der Waals surface area contributed by atoms with Gasteiger partial charge in [-0.05, 0) is 50.1 Å². The number of carbonyl (C=O) groups excluding carboxylic acids is 2.